The zero-order valence-electron chi connectivity index (χ0n) is 14.0. The van der Waals surface area contributed by atoms with E-state index in [0.717, 1.165) is 4.31 Å². The van der Waals surface area contributed by atoms with E-state index in [1.807, 2.05) is 0 Å². The molecule has 26 heavy (non-hydrogen) atoms. The van der Waals surface area contributed by atoms with Crippen LogP contribution in [-0.2, 0) is 21.2 Å². The second-order valence-electron chi connectivity index (χ2n) is 5.50. The van der Waals surface area contributed by atoms with E-state index in [2.05, 4.69) is 0 Å². The number of sulfonamides is 1. The molecule has 0 aromatic heterocycles. The molecule has 1 N–H and O–H groups in total. The average molecular weight is 418 g/mol. The number of aliphatic carboxylic acids is 1. The van der Waals surface area contributed by atoms with Crippen molar-refractivity contribution < 1.29 is 23.1 Å². The van der Waals surface area contributed by atoms with E-state index in [1.165, 1.54) is 38.4 Å². The minimum Gasteiger partial charge on any atom is -0.495 e. The quantitative estimate of drug-likeness (QED) is 0.746. The molecule has 2 aromatic rings. The first kappa shape index (κ1) is 20.5. The predicted octanol–water partition coefficient (Wildman–Crippen LogP) is 3.32. The van der Waals surface area contributed by atoms with Crippen molar-refractivity contribution in [2.24, 2.45) is 0 Å². The van der Waals surface area contributed by atoms with Crippen molar-refractivity contribution in [2.45, 2.75) is 17.4 Å². The van der Waals surface area contributed by atoms with E-state index in [9.17, 15) is 18.3 Å². The largest absolute Gasteiger partial charge is 0.495 e. The minimum atomic E-state index is -4.01. The lowest BCUT2D eigenvalue weighted by atomic mass is 10.1. The number of nitrogens with zero attached hydrogens (tertiary/aromatic N) is 1. The number of rotatable bonds is 7. The number of ether oxygens (including phenoxy) is 1. The zero-order valence-corrected chi connectivity index (χ0v) is 16.3. The Hall–Kier alpha value is -1.80. The molecule has 0 aliphatic rings. The molecule has 0 heterocycles. The molecule has 0 saturated heterocycles. The lowest BCUT2D eigenvalue weighted by Crippen LogP contribution is -2.43. The smallest absolute Gasteiger partial charge is 0.322 e. The van der Waals surface area contributed by atoms with Gasteiger partial charge in [0.15, 0.2) is 0 Å². The standard InChI is InChI=1S/C17H17Cl2NO5S/c1-20(26(23,24)13-6-4-12(18)5-7-13)15(17(21)22)10-11-3-8-16(25-2)14(19)9-11/h3-9,15H,10H2,1-2H3,(H,21,22)/t15-/m1/s1. The van der Waals surface area contributed by atoms with Crippen LogP contribution < -0.4 is 4.74 Å². The molecule has 0 radical (unpaired) electrons. The molecular formula is C17H17Cl2NO5S. The van der Waals surface area contributed by atoms with Crippen molar-refractivity contribution in [2.75, 3.05) is 14.2 Å². The fourth-order valence-electron chi connectivity index (χ4n) is 2.37. The van der Waals surface area contributed by atoms with Gasteiger partial charge in [0.2, 0.25) is 10.0 Å². The highest BCUT2D eigenvalue weighted by molar-refractivity contribution is 7.89. The van der Waals surface area contributed by atoms with E-state index >= 15 is 0 Å². The van der Waals surface area contributed by atoms with Crippen molar-refractivity contribution >= 4 is 39.2 Å². The summed E-state index contributed by atoms with van der Waals surface area (Å²) >= 11 is 11.8. The molecule has 0 amide bonds. The van der Waals surface area contributed by atoms with Gasteiger partial charge in [-0.3, -0.25) is 4.79 Å². The second-order valence-corrected chi connectivity index (χ2v) is 8.34. The number of hydrogen-bond donors (Lipinski definition) is 1. The molecule has 0 spiro atoms. The van der Waals surface area contributed by atoms with Gasteiger partial charge in [-0.25, -0.2) is 8.42 Å². The van der Waals surface area contributed by atoms with Crippen LogP contribution in [0.15, 0.2) is 47.4 Å². The highest BCUT2D eigenvalue weighted by Crippen LogP contribution is 2.27. The van der Waals surface area contributed by atoms with E-state index in [4.69, 9.17) is 27.9 Å². The molecule has 0 fully saturated rings. The fourth-order valence-corrected chi connectivity index (χ4v) is 4.09. The Labute approximate surface area is 162 Å². The summed E-state index contributed by atoms with van der Waals surface area (Å²) in [6, 6.07) is 9.02. The summed E-state index contributed by atoms with van der Waals surface area (Å²) in [5.41, 5.74) is 0.571. The van der Waals surface area contributed by atoms with Gasteiger partial charge in [0, 0.05) is 12.1 Å². The van der Waals surface area contributed by atoms with Crippen LogP contribution in [0, 0.1) is 0 Å². The Bertz CT molecular complexity index is 900. The minimum absolute atomic E-state index is 0.0385. The summed E-state index contributed by atoms with van der Waals surface area (Å²) in [6.45, 7) is 0. The summed E-state index contributed by atoms with van der Waals surface area (Å²) in [5, 5.41) is 10.2. The first-order valence-corrected chi connectivity index (χ1v) is 9.65. The maximum Gasteiger partial charge on any atom is 0.322 e. The first-order chi connectivity index (χ1) is 12.2. The summed E-state index contributed by atoms with van der Waals surface area (Å²) < 4.78 is 31.3. The average Bonchev–Trinajstić information content (AvgIpc) is 2.59. The number of carbonyl (C=O) groups is 1. The lowest BCUT2D eigenvalue weighted by Gasteiger charge is -2.24. The lowest BCUT2D eigenvalue weighted by molar-refractivity contribution is -0.141. The van der Waals surface area contributed by atoms with Crippen LogP contribution in [-0.4, -0.2) is 44.0 Å². The summed E-state index contributed by atoms with van der Waals surface area (Å²) in [6.07, 6.45) is -0.0532. The highest BCUT2D eigenvalue weighted by atomic mass is 35.5. The molecular weight excluding hydrogens is 401 g/mol. The Balaban J connectivity index is 2.32. The molecule has 0 unspecified atom stereocenters. The maximum atomic E-state index is 12.7. The van der Waals surface area contributed by atoms with Crippen LogP contribution in [0.1, 0.15) is 5.56 Å². The fraction of sp³-hybridized carbons (Fsp3) is 0.235. The van der Waals surface area contributed by atoms with Gasteiger partial charge in [-0.1, -0.05) is 29.3 Å². The summed E-state index contributed by atoms with van der Waals surface area (Å²) in [7, 11) is -1.31. The van der Waals surface area contributed by atoms with Gasteiger partial charge < -0.3 is 9.84 Å². The summed E-state index contributed by atoms with van der Waals surface area (Å²) in [4.78, 5) is 11.7. The third kappa shape index (κ3) is 4.48. The van der Waals surface area contributed by atoms with Gasteiger partial charge in [0.1, 0.15) is 11.8 Å². The molecule has 0 bridgehead atoms. The van der Waals surface area contributed by atoms with Crippen molar-refractivity contribution in [1.82, 2.24) is 4.31 Å². The molecule has 0 aliphatic heterocycles. The van der Waals surface area contributed by atoms with Gasteiger partial charge in [-0.2, -0.15) is 4.31 Å². The zero-order chi connectivity index (χ0) is 19.5. The molecule has 9 heteroatoms. The van der Waals surface area contributed by atoms with E-state index in [-0.39, 0.29) is 11.3 Å². The van der Waals surface area contributed by atoms with Gasteiger partial charge in [-0.15, -0.1) is 0 Å². The van der Waals surface area contributed by atoms with Gasteiger partial charge in [0.05, 0.1) is 17.0 Å². The maximum absolute atomic E-state index is 12.7. The van der Waals surface area contributed by atoms with Crippen molar-refractivity contribution in [1.29, 1.82) is 0 Å². The van der Waals surface area contributed by atoms with E-state index in [1.54, 1.807) is 18.2 Å². The Morgan fingerprint density at radius 1 is 1.19 bits per heavy atom. The number of carboxylic acid groups (broad SMARTS) is 1. The van der Waals surface area contributed by atoms with Crippen LogP contribution in [0.25, 0.3) is 0 Å². The van der Waals surface area contributed by atoms with Crippen LogP contribution >= 0.6 is 23.2 Å². The monoisotopic (exact) mass is 417 g/mol. The van der Waals surface area contributed by atoms with Crippen molar-refractivity contribution in [3.63, 3.8) is 0 Å². The molecule has 6 nitrogen and oxygen atoms in total. The third-order valence-corrected chi connectivity index (χ3v) is 6.29. The highest BCUT2D eigenvalue weighted by Gasteiger charge is 2.33. The Morgan fingerprint density at radius 3 is 2.31 bits per heavy atom. The van der Waals surface area contributed by atoms with Gasteiger partial charge in [0.25, 0.3) is 0 Å². The van der Waals surface area contributed by atoms with Crippen LogP contribution in [0.3, 0.4) is 0 Å². The number of benzene rings is 2. The molecule has 1 atom stereocenters. The third-order valence-electron chi connectivity index (χ3n) is 3.86. The number of methoxy groups -OCH3 is 1. The molecule has 2 aromatic carbocycles. The van der Waals surface area contributed by atoms with E-state index in [0.29, 0.717) is 21.4 Å². The SMILES string of the molecule is COc1ccc(C[C@H](C(=O)O)N(C)S(=O)(=O)c2ccc(Cl)cc2)cc1Cl. The topological polar surface area (TPSA) is 83.9 Å². The Kier molecular flexibility index (Phi) is 6.52. The van der Waals surface area contributed by atoms with Crippen molar-refractivity contribution in [3.05, 3.63) is 58.1 Å². The number of likely N-dealkylation sites (N-methyl/N-ethyl adjacent to an activating group) is 1. The molecule has 0 aliphatic carbocycles. The van der Waals surface area contributed by atoms with Gasteiger partial charge >= 0.3 is 5.97 Å². The van der Waals surface area contributed by atoms with Crippen LogP contribution in [0.5, 0.6) is 5.75 Å². The van der Waals surface area contributed by atoms with Gasteiger partial charge in [-0.05, 0) is 48.4 Å². The van der Waals surface area contributed by atoms with Crippen LogP contribution in [0.2, 0.25) is 10.0 Å². The van der Waals surface area contributed by atoms with E-state index < -0.39 is 22.0 Å². The molecule has 140 valence electrons. The number of hydrogen-bond acceptors (Lipinski definition) is 4. The summed E-state index contributed by atoms with van der Waals surface area (Å²) in [5.74, 6) is -0.818. The second kappa shape index (κ2) is 8.26. The van der Waals surface area contributed by atoms with Crippen molar-refractivity contribution in [3.8, 4) is 5.75 Å². The normalized spacial score (nSPS) is 12.8. The predicted molar refractivity (Wildman–Crippen MR) is 99.5 cm³/mol. The molecule has 2 rings (SSSR count). The Morgan fingerprint density at radius 2 is 1.81 bits per heavy atom. The van der Waals surface area contributed by atoms with Crippen LogP contribution in [0.4, 0.5) is 0 Å². The number of carboxylic acids is 1. The molecule has 0 saturated carbocycles. The first-order valence-electron chi connectivity index (χ1n) is 7.45. The number of halogens is 2.